The maximum absolute atomic E-state index is 13.1. The molecule has 162 valence electrons. The molecule has 0 radical (unpaired) electrons. The molecule has 0 spiro atoms. The number of carbonyl (C=O) groups is 1. The average Bonchev–Trinajstić information content (AvgIpc) is 2.66. The summed E-state index contributed by atoms with van der Waals surface area (Å²) >= 11 is 0. The summed E-state index contributed by atoms with van der Waals surface area (Å²) in [7, 11) is 0. The van der Waals surface area contributed by atoms with E-state index in [4.69, 9.17) is 0 Å². The van der Waals surface area contributed by atoms with E-state index in [0.29, 0.717) is 17.4 Å². The number of benzene rings is 1. The molecule has 4 rings (SSSR count). The summed E-state index contributed by atoms with van der Waals surface area (Å²) in [6.07, 6.45) is 1.85. The summed E-state index contributed by atoms with van der Waals surface area (Å²) in [6, 6.07) is 4.75. The Hall–Kier alpha value is -3.49. The minimum Gasteiger partial charge on any atom is -0.506 e. The quantitative estimate of drug-likeness (QED) is 0.572. The number of rotatable bonds is 3. The third-order valence-electron chi connectivity index (χ3n) is 5.69. The molecule has 0 saturated heterocycles. The summed E-state index contributed by atoms with van der Waals surface area (Å²) in [6.45, 7) is 2.72. The zero-order valence-electron chi connectivity index (χ0n) is 17.0. The molecule has 1 aliphatic rings. The van der Waals surface area contributed by atoms with Gasteiger partial charge in [0.2, 0.25) is 0 Å². The number of aromatic carboxylic acids is 1. The molecule has 9 heteroatoms. The van der Waals surface area contributed by atoms with E-state index in [1.165, 1.54) is 12.3 Å². The molecule has 0 fully saturated rings. The second-order valence-electron chi connectivity index (χ2n) is 8.57. The number of aromatic nitrogens is 2. The zero-order valence-corrected chi connectivity index (χ0v) is 17.0. The lowest BCUT2D eigenvalue weighted by molar-refractivity contribution is -0.0489. The number of carboxylic acids is 1. The lowest BCUT2D eigenvalue weighted by atomic mass is 9.67. The van der Waals surface area contributed by atoms with Crippen LogP contribution in [-0.4, -0.2) is 32.8 Å². The molecule has 0 aliphatic heterocycles. The molecule has 31 heavy (non-hydrogen) atoms. The van der Waals surface area contributed by atoms with Crippen LogP contribution in [0.5, 0.6) is 11.5 Å². The number of nitrogens with one attached hydrogen (secondary N) is 1. The van der Waals surface area contributed by atoms with Crippen molar-refractivity contribution in [2.45, 2.75) is 39.7 Å². The summed E-state index contributed by atoms with van der Waals surface area (Å²) in [5, 5.41) is 20.8. The molecule has 1 aromatic carbocycles. The van der Waals surface area contributed by atoms with Crippen LogP contribution in [0.15, 0.2) is 29.2 Å². The van der Waals surface area contributed by atoms with Crippen molar-refractivity contribution in [2.24, 2.45) is 5.41 Å². The molecule has 1 aliphatic carbocycles. The number of nitrogens with zero attached hydrogens (tertiary/aromatic N) is 1. The van der Waals surface area contributed by atoms with Gasteiger partial charge in [-0.15, -0.1) is 0 Å². The Morgan fingerprint density at radius 1 is 1.35 bits per heavy atom. The smallest absolute Gasteiger partial charge is 0.387 e. The van der Waals surface area contributed by atoms with E-state index in [0.717, 1.165) is 5.56 Å². The van der Waals surface area contributed by atoms with Crippen LogP contribution in [0.2, 0.25) is 0 Å². The van der Waals surface area contributed by atoms with Crippen LogP contribution in [0.1, 0.15) is 48.2 Å². The zero-order chi connectivity index (χ0) is 22.7. The molecule has 3 aromatic rings. The first kappa shape index (κ1) is 20.8. The number of aromatic hydroxyl groups is 1. The summed E-state index contributed by atoms with van der Waals surface area (Å²) in [5.41, 5.74) is -0.306. The largest absolute Gasteiger partial charge is 0.506 e. The van der Waals surface area contributed by atoms with Crippen molar-refractivity contribution in [1.82, 2.24) is 9.97 Å². The fraction of sp³-hybridized carbons (Fsp3) is 0.318. The van der Waals surface area contributed by atoms with Crippen LogP contribution in [0.4, 0.5) is 8.78 Å². The van der Waals surface area contributed by atoms with E-state index in [1.807, 2.05) is 20.8 Å². The van der Waals surface area contributed by atoms with Crippen molar-refractivity contribution < 1.29 is 28.5 Å². The standard InChI is InChI=1S/C22H20F2N2O5/c1-22(2,3)12-7-10-9-5-4-6-25-16(9)13(31-21(23)24)8-11(10)17-14(12)18(27)15(20(29)30)19(28)26-17/h4-6,8,12,21H,7H2,1-3H3,(H,29,30)(H2,26,27,28)/t12-/m0/s1. The van der Waals surface area contributed by atoms with E-state index >= 15 is 0 Å². The Morgan fingerprint density at radius 2 is 2.06 bits per heavy atom. The van der Waals surface area contributed by atoms with Gasteiger partial charge in [-0.05, 0) is 35.4 Å². The van der Waals surface area contributed by atoms with Gasteiger partial charge in [0.05, 0.1) is 5.69 Å². The monoisotopic (exact) mass is 430 g/mol. The number of H-pyrrole nitrogens is 1. The highest BCUT2D eigenvalue weighted by Gasteiger charge is 2.39. The number of carboxylic acid groups (broad SMARTS) is 1. The molecular weight excluding hydrogens is 410 g/mol. The highest BCUT2D eigenvalue weighted by Crippen LogP contribution is 2.52. The van der Waals surface area contributed by atoms with Crippen LogP contribution in [-0.2, 0) is 6.42 Å². The first-order chi connectivity index (χ1) is 14.5. The average molecular weight is 430 g/mol. The van der Waals surface area contributed by atoms with Gasteiger partial charge in [0, 0.05) is 22.7 Å². The third-order valence-corrected chi connectivity index (χ3v) is 5.69. The number of ether oxygens (including phenoxy) is 1. The first-order valence-corrected chi connectivity index (χ1v) is 9.59. The number of alkyl halides is 2. The Kier molecular flexibility index (Phi) is 4.72. The van der Waals surface area contributed by atoms with Crippen LogP contribution >= 0.6 is 0 Å². The van der Waals surface area contributed by atoms with Gasteiger partial charge in [0.1, 0.15) is 11.3 Å². The van der Waals surface area contributed by atoms with Crippen molar-refractivity contribution >= 4 is 16.9 Å². The molecule has 0 saturated carbocycles. The van der Waals surface area contributed by atoms with Gasteiger partial charge in [-0.3, -0.25) is 9.78 Å². The lowest BCUT2D eigenvalue weighted by Crippen LogP contribution is -2.29. The molecule has 1 atom stereocenters. The molecule has 0 bridgehead atoms. The molecule has 0 unspecified atom stereocenters. The number of fused-ring (bicyclic) bond motifs is 5. The van der Waals surface area contributed by atoms with Crippen molar-refractivity contribution in [2.75, 3.05) is 0 Å². The van der Waals surface area contributed by atoms with Crippen LogP contribution in [0.25, 0.3) is 22.2 Å². The predicted molar refractivity (Wildman–Crippen MR) is 109 cm³/mol. The highest BCUT2D eigenvalue weighted by molar-refractivity contribution is 5.97. The SMILES string of the molecule is CC(C)(C)[C@H]1Cc2c(cc(OC(F)F)c3ncccc23)-c2[nH]c(=O)c(C(=O)O)c(O)c21. The predicted octanol–water partition coefficient (Wildman–Crippen LogP) is 4.28. The first-order valence-electron chi connectivity index (χ1n) is 9.59. The van der Waals surface area contributed by atoms with Crippen molar-refractivity contribution in [1.29, 1.82) is 0 Å². The molecular formula is C22H20F2N2O5. The Labute approximate surface area is 175 Å². The lowest BCUT2D eigenvalue weighted by Gasteiger charge is -2.37. The number of aromatic amines is 1. The van der Waals surface area contributed by atoms with Gasteiger partial charge < -0.3 is 19.9 Å². The maximum atomic E-state index is 13.1. The Bertz CT molecular complexity index is 1280. The minimum atomic E-state index is -3.09. The topological polar surface area (TPSA) is 113 Å². The summed E-state index contributed by atoms with van der Waals surface area (Å²) in [4.78, 5) is 30.8. The molecule has 2 aromatic heterocycles. The summed E-state index contributed by atoms with van der Waals surface area (Å²) in [5.74, 6) is -2.70. The Morgan fingerprint density at radius 3 is 2.68 bits per heavy atom. The molecule has 3 N–H and O–H groups in total. The van der Waals surface area contributed by atoms with Gasteiger partial charge >= 0.3 is 12.6 Å². The molecule has 7 nitrogen and oxygen atoms in total. The second kappa shape index (κ2) is 7.04. The summed E-state index contributed by atoms with van der Waals surface area (Å²) < 4.78 is 30.8. The fourth-order valence-electron chi connectivity index (χ4n) is 4.31. The van der Waals surface area contributed by atoms with Crippen molar-refractivity contribution in [3.8, 4) is 22.8 Å². The van der Waals surface area contributed by atoms with E-state index in [2.05, 4.69) is 14.7 Å². The fourth-order valence-corrected chi connectivity index (χ4v) is 4.31. The van der Waals surface area contributed by atoms with E-state index in [1.54, 1.807) is 12.1 Å². The van der Waals surface area contributed by atoms with Gasteiger partial charge in [-0.1, -0.05) is 26.8 Å². The molecule has 2 heterocycles. The van der Waals surface area contributed by atoms with Crippen molar-refractivity contribution in [3.05, 3.63) is 51.4 Å². The van der Waals surface area contributed by atoms with Crippen LogP contribution in [0, 0.1) is 5.41 Å². The third kappa shape index (κ3) is 3.30. The second-order valence-corrected chi connectivity index (χ2v) is 8.57. The maximum Gasteiger partial charge on any atom is 0.387 e. The number of hydrogen-bond donors (Lipinski definition) is 3. The van der Waals surface area contributed by atoms with Gasteiger partial charge in [0.15, 0.2) is 11.3 Å². The van der Waals surface area contributed by atoms with Gasteiger partial charge in [-0.2, -0.15) is 8.78 Å². The van der Waals surface area contributed by atoms with Gasteiger partial charge in [0.25, 0.3) is 5.56 Å². The van der Waals surface area contributed by atoms with E-state index in [9.17, 15) is 28.6 Å². The number of halogens is 2. The normalized spacial score (nSPS) is 15.6. The Balaban J connectivity index is 2.14. The van der Waals surface area contributed by atoms with E-state index in [-0.39, 0.29) is 28.4 Å². The highest BCUT2D eigenvalue weighted by atomic mass is 19.3. The van der Waals surface area contributed by atoms with Gasteiger partial charge in [-0.25, -0.2) is 4.79 Å². The van der Waals surface area contributed by atoms with Crippen LogP contribution in [0.3, 0.4) is 0 Å². The number of hydrogen-bond acceptors (Lipinski definition) is 5. The van der Waals surface area contributed by atoms with Crippen LogP contribution < -0.4 is 10.3 Å². The van der Waals surface area contributed by atoms with E-state index < -0.39 is 34.9 Å². The minimum absolute atomic E-state index is 0.174. The molecule has 0 amide bonds. The number of pyridine rings is 2. The van der Waals surface area contributed by atoms with Crippen molar-refractivity contribution in [3.63, 3.8) is 0 Å².